The van der Waals surface area contributed by atoms with E-state index in [9.17, 15) is 24.6 Å². The number of carboxylic acid groups (broad SMARTS) is 1. The van der Waals surface area contributed by atoms with E-state index in [4.69, 9.17) is 11.2 Å². The van der Waals surface area contributed by atoms with Gasteiger partial charge in [-0.3, -0.25) is 9.79 Å². The van der Waals surface area contributed by atoms with E-state index >= 15 is 0 Å². The van der Waals surface area contributed by atoms with Crippen molar-refractivity contribution in [3.63, 3.8) is 0 Å². The lowest BCUT2D eigenvalue weighted by Crippen LogP contribution is -2.48. The van der Waals surface area contributed by atoms with Crippen molar-refractivity contribution in [2.75, 3.05) is 32.8 Å². The van der Waals surface area contributed by atoms with Gasteiger partial charge in [0.05, 0.1) is 17.9 Å². The number of phenols is 1. The van der Waals surface area contributed by atoms with Crippen molar-refractivity contribution >= 4 is 23.8 Å². The molecule has 5 N–H and O–H groups in total. The minimum Gasteiger partial charge on any atom is -0.507 e. The molecule has 11 nitrogen and oxygen atoms in total. The number of benzene rings is 1. The van der Waals surface area contributed by atoms with Crippen LogP contribution in [0, 0.1) is 12.3 Å². The van der Waals surface area contributed by atoms with E-state index in [1.807, 2.05) is 0 Å². The first-order valence-electron chi connectivity index (χ1n) is 10.5. The van der Waals surface area contributed by atoms with E-state index in [1.54, 1.807) is 0 Å². The summed E-state index contributed by atoms with van der Waals surface area (Å²) in [6, 6.07) is 2.71. The lowest BCUT2D eigenvalue weighted by molar-refractivity contribution is -0.139. The van der Waals surface area contributed by atoms with E-state index in [0.717, 1.165) is 31.6 Å². The van der Waals surface area contributed by atoms with Crippen LogP contribution in [0.1, 0.15) is 36.0 Å². The number of carboxylic acids is 1. The molecule has 0 aromatic heterocycles. The van der Waals surface area contributed by atoms with Crippen molar-refractivity contribution in [3.8, 4) is 23.8 Å². The molecule has 33 heavy (non-hydrogen) atoms. The molecule has 0 aliphatic carbocycles. The minimum atomic E-state index is -1.45. The fourth-order valence-electron chi connectivity index (χ4n) is 2.96. The summed E-state index contributed by atoms with van der Waals surface area (Å²) in [4.78, 5) is 39.5. The van der Waals surface area contributed by atoms with E-state index in [0.29, 0.717) is 18.9 Å². The fraction of sp³-hybridized carbons (Fsp3) is 0.455. The first kappa shape index (κ1) is 25.3. The van der Waals surface area contributed by atoms with Crippen LogP contribution in [0.15, 0.2) is 23.2 Å². The number of nitrogens with zero attached hydrogens (tertiary/aromatic N) is 1. The number of hydrogen-bond acceptors (Lipinski definition) is 8. The Balaban J connectivity index is 1.81. The van der Waals surface area contributed by atoms with Gasteiger partial charge in [0.2, 0.25) is 0 Å². The van der Waals surface area contributed by atoms with E-state index in [1.165, 1.54) is 24.6 Å². The summed E-state index contributed by atoms with van der Waals surface area (Å²) >= 11 is 0. The molecule has 0 radical (unpaired) electrons. The number of amidine groups is 1. The highest BCUT2D eigenvalue weighted by atomic mass is 16.5. The number of rotatable bonds is 10. The fourth-order valence-corrected chi connectivity index (χ4v) is 2.96. The smallest absolute Gasteiger partial charge is 0.408 e. The summed E-state index contributed by atoms with van der Waals surface area (Å²) in [7, 11) is 0. The van der Waals surface area contributed by atoms with Gasteiger partial charge in [-0.1, -0.05) is 12.3 Å². The van der Waals surface area contributed by atoms with Gasteiger partial charge < -0.3 is 35.6 Å². The van der Waals surface area contributed by atoms with E-state index < -0.39 is 30.6 Å². The zero-order valence-corrected chi connectivity index (χ0v) is 18.1. The number of aliphatic carboxylic acids is 1. The minimum absolute atomic E-state index is 0.0765. The second-order valence-electron chi connectivity index (χ2n) is 7.12. The van der Waals surface area contributed by atoms with Crippen LogP contribution >= 0.6 is 0 Å². The van der Waals surface area contributed by atoms with Crippen LogP contribution < -0.4 is 20.7 Å². The standard InChI is InChI=1S/C22H28N4O7/c1-2-11-33-22(31)26-17(21(29)30)14-25-20(28)16-8-7-15(13-18(16)27)32-12-10-24-19-6-4-3-5-9-23-19/h1,7-8,13,17,27H,3-6,9-12,14H2,(H,23,24)(H,25,28)(H,26,31)(H,29,30)/t17-/m0/s1. The van der Waals surface area contributed by atoms with Gasteiger partial charge in [0, 0.05) is 25.6 Å². The Bertz CT molecular complexity index is 910. The van der Waals surface area contributed by atoms with E-state index in [2.05, 4.69) is 31.6 Å². The van der Waals surface area contributed by atoms with Gasteiger partial charge in [-0.25, -0.2) is 9.59 Å². The first-order valence-corrected chi connectivity index (χ1v) is 10.5. The molecule has 2 amide bonds. The number of phenolic OH excluding ortho intramolecular Hbond substituents is 1. The molecular formula is C22H28N4O7. The Kier molecular flexibility index (Phi) is 10.3. The number of hydrogen-bond donors (Lipinski definition) is 5. The average Bonchev–Trinajstić information content (AvgIpc) is 3.06. The molecule has 0 bridgehead atoms. The topological polar surface area (TPSA) is 159 Å². The highest BCUT2D eigenvalue weighted by Crippen LogP contribution is 2.23. The third-order valence-corrected chi connectivity index (χ3v) is 4.63. The van der Waals surface area contributed by atoms with Gasteiger partial charge >= 0.3 is 12.1 Å². The zero-order valence-electron chi connectivity index (χ0n) is 18.1. The van der Waals surface area contributed by atoms with Crippen molar-refractivity contribution in [1.29, 1.82) is 0 Å². The number of aliphatic imine (C=N–C) groups is 1. The number of terminal acetylenes is 1. The lowest BCUT2D eigenvalue weighted by Gasteiger charge is -2.15. The van der Waals surface area contributed by atoms with Gasteiger partial charge in [-0.2, -0.15) is 0 Å². The normalized spacial score (nSPS) is 14.0. The molecule has 0 unspecified atom stereocenters. The average molecular weight is 460 g/mol. The second kappa shape index (κ2) is 13.5. The van der Waals surface area contributed by atoms with Crippen molar-refractivity contribution in [2.45, 2.75) is 31.7 Å². The molecule has 1 aromatic carbocycles. The van der Waals surface area contributed by atoms with Crippen molar-refractivity contribution in [2.24, 2.45) is 4.99 Å². The summed E-state index contributed by atoms with van der Waals surface area (Å²) in [5, 5.41) is 27.0. The molecule has 1 atom stereocenters. The largest absolute Gasteiger partial charge is 0.507 e. The molecule has 1 aromatic rings. The molecule has 2 rings (SSSR count). The van der Waals surface area contributed by atoms with Gasteiger partial charge in [-0.15, -0.1) is 6.42 Å². The predicted molar refractivity (Wildman–Crippen MR) is 119 cm³/mol. The molecule has 0 saturated carbocycles. The molecule has 11 heteroatoms. The number of aromatic hydroxyl groups is 1. The Morgan fingerprint density at radius 2 is 2.06 bits per heavy atom. The maximum atomic E-state index is 12.3. The lowest BCUT2D eigenvalue weighted by atomic mass is 10.1. The summed E-state index contributed by atoms with van der Waals surface area (Å²) in [5.74, 6) is 0.973. The first-order chi connectivity index (χ1) is 15.9. The Morgan fingerprint density at radius 3 is 2.79 bits per heavy atom. The summed E-state index contributed by atoms with van der Waals surface area (Å²) in [6.07, 6.45) is 8.25. The number of nitrogens with one attached hydrogen (secondary N) is 3. The highest BCUT2D eigenvalue weighted by Gasteiger charge is 2.22. The summed E-state index contributed by atoms with van der Waals surface area (Å²) < 4.78 is 10.1. The van der Waals surface area contributed by atoms with Crippen LogP contribution in [0.2, 0.25) is 0 Å². The predicted octanol–water partition coefficient (Wildman–Crippen LogP) is 0.875. The SMILES string of the molecule is C#CCOC(=O)N[C@@H](CNC(=O)c1ccc(OCCNC2=NCCCCC2)cc1O)C(=O)O. The van der Waals surface area contributed by atoms with Crippen LogP contribution in [-0.2, 0) is 9.53 Å². The summed E-state index contributed by atoms with van der Waals surface area (Å²) in [5.41, 5.74) is -0.0765. The highest BCUT2D eigenvalue weighted by molar-refractivity contribution is 5.97. The van der Waals surface area contributed by atoms with Crippen molar-refractivity contribution in [3.05, 3.63) is 23.8 Å². The zero-order chi connectivity index (χ0) is 24.1. The molecule has 0 spiro atoms. The monoisotopic (exact) mass is 460 g/mol. The number of carbonyl (C=O) groups is 3. The number of alkyl carbamates (subject to hydrolysis) is 1. The van der Waals surface area contributed by atoms with E-state index in [-0.39, 0.29) is 17.9 Å². The molecule has 1 heterocycles. The Hall–Kier alpha value is -3.94. The second-order valence-corrected chi connectivity index (χ2v) is 7.12. The third-order valence-electron chi connectivity index (χ3n) is 4.63. The number of amides is 2. The molecule has 0 fully saturated rings. The molecule has 1 aliphatic rings. The Morgan fingerprint density at radius 1 is 1.24 bits per heavy atom. The van der Waals surface area contributed by atoms with Crippen LogP contribution in [0.5, 0.6) is 11.5 Å². The van der Waals surface area contributed by atoms with Crippen LogP contribution in [0.3, 0.4) is 0 Å². The van der Waals surface area contributed by atoms with Gasteiger partial charge in [0.1, 0.15) is 24.1 Å². The quantitative estimate of drug-likeness (QED) is 0.254. The number of ether oxygens (including phenoxy) is 2. The van der Waals surface area contributed by atoms with Crippen molar-refractivity contribution in [1.82, 2.24) is 16.0 Å². The third kappa shape index (κ3) is 8.98. The van der Waals surface area contributed by atoms with Gasteiger partial charge in [0.25, 0.3) is 5.91 Å². The van der Waals surface area contributed by atoms with Crippen molar-refractivity contribution < 1.29 is 34.1 Å². The summed E-state index contributed by atoms with van der Waals surface area (Å²) in [6.45, 7) is 0.963. The van der Waals surface area contributed by atoms with Crippen LogP contribution in [0.25, 0.3) is 0 Å². The Labute approximate surface area is 191 Å². The molecular weight excluding hydrogens is 432 g/mol. The molecule has 0 saturated heterocycles. The molecule has 1 aliphatic heterocycles. The maximum Gasteiger partial charge on any atom is 0.408 e. The maximum absolute atomic E-state index is 12.3. The van der Waals surface area contributed by atoms with Gasteiger partial charge in [-0.05, 0) is 25.0 Å². The van der Waals surface area contributed by atoms with Crippen LogP contribution in [-0.4, -0.2) is 72.9 Å². The number of carbonyl (C=O) groups excluding carboxylic acids is 2. The molecule has 178 valence electrons. The van der Waals surface area contributed by atoms with Crippen LogP contribution in [0.4, 0.5) is 4.79 Å². The van der Waals surface area contributed by atoms with Gasteiger partial charge in [0.15, 0.2) is 6.61 Å².